The first-order chi connectivity index (χ1) is 12.2. The number of nitrogens with two attached hydrogens (primary N) is 1. The summed E-state index contributed by atoms with van der Waals surface area (Å²) in [6, 6.07) is 8.12. The number of nitrogens with one attached hydrogen (secondary N) is 1. The number of primary sulfonamides is 1. The van der Waals surface area contributed by atoms with Crippen molar-refractivity contribution in [2.24, 2.45) is 5.14 Å². The Kier molecular flexibility index (Phi) is 4.76. The largest absolute Gasteiger partial charge is 0.296 e. The van der Waals surface area contributed by atoms with Gasteiger partial charge in [-0.25, -0.2) is 22.3 Å². The number of nitrogens with zero attached hydrogens (tertiary/aromatic N) is 2. The molecule has 0 spiro atoms. The zero-order valence-electron chi connectivity index (χ0n) is 12.8. The predicted molar refractivity (Wildman–Crippen MR) is 91.0 cm³/mol. The van der Waals surface area contributed by atoms with Gasteiger partial charge in [-0.15, -0.1) is 10.2 Å². The summed E-state index contributed by atoms with van der Waals surface area (Å²) < 4.78 is 49.5. The second kappa shape index (κ2) is 6.86. The fourth-order valence-electron chi connectivity index (χ4n) is 2.00. The van der Waals surface area contributed by atoms with Gasteiger partial charge < -0.3 is 0 Å². The lowest BCUT2D eigenvalue weighted by molar-refractivity contribution is 0.102. The summed E-state index contributed by atoms with van der Waals surface area (Å²) in [5.41, 5.74) is 0.0851. The Bertz CT molecular complexity index is 1080. The van der Waals surface area contributed by atoms with Crippen LogP contribution in [0.3, 0.4) is 0 Å². The molecule has 0 radical (unpaired) electrons. The van der Waals surface area contributed by atoms with Gasteiger partial charge in [-0.05, 0) is 42.5 Å². The minimum Gasteiger partial charge on any atom is -0.296 e. The van der Waals surface area contributed by atoms with Crippen molar-refractivity contribution >= 4 is 32.4 Å². The molecule has 0 saturated carbocycles. The molecule has 2 aromatic carbocycles. The number of anilines is 1. The van der Waals surface area contributed by atoms with E-state index in [9.17, 15) is 22.0 Å². The number of benzene rings is 2. The van der Waals surface area contributed by atoms with Crippen LogP contribution in [0.25, 0.3) is 10.6 Å². The van der Waals surface area contributed by atoms with Gasteiger partial charge in [0.2, 0.25) is 15.2 Å². The van der Waals surface area contributed by atoms with Crippen LogP contribution in [-0.4, -0.2) is 24.5 Å². The topological polar surface area (TPSA) is 115 Å². The smallest absolute Gasteiger partial charge is 0.260 e. The number of aromatic nitrogens is 2. The van der Waals surface area contributed by atoms with Gasteiger partial charge in [0, 0.05) is 5.56 Å². The molecule has 11 heteroatoms. The number of carbonyl (C=O) groups excluding carboxylic acids is 1. The van der Waals surface area contributed by atoms with E-state index in [0.717, 1.165) is 29.5 Å². The van der Waals surface area contributed by atoms with Gasteiger partial charge in [0.05, 0.1) is 10.5 Å². The number of rotatable bonds is 4. The molecule has 26 heavy (non-hydrogen) atoms. The Morgan fingerprint density at radius 3 is 2.42 bits per heavy atom. The van der Waals surface area contributed by atoms with Crippen LogP contribution in [0.1, 0.15) is 10.4 Å². The standard InChI is InChI=1S/C15H10F2N4O3S2/c16-9-3-1-8(2-4-9)14-20-21-15(25-14)19-13(22)11-7-10(26(18,23)24)5-6-12(11)17/h1-7H,(H2,18,23,24)(H,19,21,22). The average Bonchev–Trinajstić information content (AvgIpc) is 3.03. The Balaban J connectivity index is 1.84. The molecule has 0 aliphatic carbocycles. The lowest BCUT2D eigenvalue weighted by atomic mass is 10.2. The molecule has 134 valence electrons. The van der Waals surface area contributed by atoms with E-state index in [1.807, 2.05) is 0 Å². The van der Waals surface area contributed by atoms with E-state index in [0.29, 0.717) is 10.6 Å². The molecule has 1 heterocycles. The van der Waals surface area contributed by atoms with Gasteiger partial charge in [-0.1, -0.05) is 11.3 Å². The van der Waals surface area contributed by atoms with E-state index in [1.165, 1.54) is 24.3 Å². The van der Waals surface area contributed by atoms with Crippen LogP contribution in [0.5, 0.6) is 0 Å². The van der Waals surface area contributed by atoms with Crippen molar-refractivity contribution in [3.63, 3.8) is 0 Å². The van der Waals surface area contributed by atoms with Crippen molar-refractivity contribution in [2.45, 2.75) is 4.90 Å². The maximum Gasteiger partial charge on any atom is 0.260 e. The van der Waals surface area contributed by atoms with Gasteiger partial charge in [0.25, 0.3) is 5.91 Å². The van der Waals surface area contributed by atoms with Crippen LogP contribution in [0, 0.1) is 11.6 Å². The number of amides is 1. The first-order valence-corrected chi connectivity index (χ1v) is 9.33. The molecular weight excluding hydrogens is 386 g/mol. The van der Waals surface area contributed by atoms with Crippen LogP contribution in [0.4, 0.5) is 13.9 Å². The number of sulfonamides is 1. The van der Waals surface area contributed by atoms with Crippen molar-refractivity contribution in [1.82, 2.24) is 10.2 Å². The van der Waals surface area contributed by atoms with Crippen molar-refractivity contribution in [1.29, 1.82) is 0 Å². The van der Waals surface area contributed by atoms with Crippen molar-refractivity contribution < 1.29 is 22.0 Å². The van der Waals surface area contributed by atoms with Gasteiger partial charge in [-0.3, -0.25) is 10.1 Å². The zero-order valence-corrected chi connectivity index (χ0v) is 14.4. The summed E-state index contributed by atoms with van der Waals surface area (Å²) in [7, 11) is -4.09. The molecule has 0 aliphatic rings. The van der Waals surface area contributed by atoms with E-state index >= 15 is 0 Å². The molecule has 0 saturated heterocycles. The monoisotopic (exact) mass is 396 g/mol. The predicted octanol–water partition coefficient (Wildman–Crippen LogP) is 2.38. The highest BCUT2D eigenvalue weighted by atomic mass is 32.2. The maximum atomic E-state index is 13.9. The second-order valence-corrected chi connectivity index (χ2v) is 7.60. The summed E-state index contributed by atoms with van der Waals surface area (Å²) in [4.78, 5) is 11.8. The van der Waals surface area contributed by atoms with Crippen LogP contribution >= 0.6 is 11.3 Å². The number of hydrogen-bond acceptors (Lipinski definition) is 6. The van der Waals surface area contributed by atoms with Crippen LogP contribution in [0.15, 0.2) is 47.4 Å². The highest BCUT2D eigenvalue weighted by molar-refractivity contribution is 7.89. The quantitative estimate of drug-likeness (QED) is 0.703. The third kappa shape index (κ3) is 3.90. The number of hydrogen-bond donors (Lipinski definition) is 2. The summed E-state index contributed by atoms with van der Waals surface area (Å²) >= 11 is 0.988. The molecule has 0 fully saturated rings. The Morgan fingerprint density at radius 1 is 1.08 bits per heavy atom. The van der Waals surface area contributed by atoms with Crippen LogP contribution in [0.2, 0.25) is 0 Å². The second-order valence-electron chi connectivity index (χ2n) is 5.06. The first-order valence-electron chi connectivity index (χ1n) is 6.97. The molecule has 0 unspecified atom stereocenters. The van der Waals surface area contributed by atoms with Crippen molar-refractivity contribution in [3.8, 4) is 10.6 Å². The highest BCUT2D eigenvalue weighted by Gasteiger charge is 2.18. The Labute approximate surface area is 150 Å². The molecule has 3 N–H and O–H groups in total. The number of halogens is 2. The SMILES string of the molecule is NS(=O)(=O)c1ccc(F)c(C(=O)Nc2nnc(-c3ccc(F)cc3)s2)c1. The van der Waals surface area contributed by atoms with Gasteiger partial charge in [-0.2, -0.15) is 0 Å². The van der Waals surface area contributed by atoms with Crippen molar-refractivity contribution in [3.05, 3.63) is 59.7 Å². The summed E-state index contributed by atoms with van der Waals surface area (Å²) in [5, 5.41) is 15.4. The van der Waals surface area contributed by atoms with Crippen molar-refractivity contribution in [2.75, 3.05) is 5.32 Å². The first kappa shape index (κ1) is 18.0. The third-order valence-electron chi connectivity index (χ3n) is 3.25. The molecular formula is C15H10F2N4O3S2. The molecule has 0 bridgehead atoms. The minimum atomic E-state index is -4.09. The molecule has 0 atom stereocenters. The van der Waals surface area contributed by atoms with Gasteiger partial charge >= 0.3 is 0 Å². The molecule has 1 amide bonds. The van der Waals surface area contributed by atoms with E-state index in [4.69, 9.17) is 5.14 Å². The van der Waals surface area contributed by atoms with E-state index in [2.05, 4.69) is 15.5 Å². The lowest BCUT2D eigenvalue weighted by Crippen LogP contribution is -2.17. The minimum absolute atomic E-state index is 0.0646. The average molecular weight is 396 g/mol. The van der Waals surface area contributed by atoms with E-state index < -0.39 is 38.0 Å². The van der Waals surface area contributed by atoms with E-state index in [-0.39, 0.29) is 5.13 Å². The fourth-order valence-corrected chi connectivity index (χ4v) is 3.29. The normalized spacial score (nSPS) is 11.3. The van der Waals surface area contributed by atoms with Gasteiger partial charge in [0.1, 0.15) is 16.6 Å². The summed E-state index contributed by atoms with van der Waals surface area (Å²) in [6.07, 6.45) is 0. The van der Waals surface area contributed by atoms with Crippen LogP contribution in [-0.2, 0) is 10.0 Å². The molecule has 1 aromatic heterocycles. The summed E-state index contributed by atoms with van der Waals surface area (Å²) in [5.74, 6) is -2.23. The lowest BCUT2D eigenvalue weighted by Gasteiger charge is -2.05. The molecule has 3 rings (SSSR count). The van der Waals surface area contributed by atoms with Gasteiger partial charge in [0.15, 0.2) is 0 Å². The fraction of sp³-hybridized carbons (Fsp3) is 0. The van der Waals surface area contributed by atoms with Crippen LogP contribution < -0.4 is 10.5 Å². The molecule has 0 aliphatic heterocycles. The third-order valence-corrected chi connectivity index (χ3v) is 5.05. The molecule has 3 aromatic rings. The molecule has 7 nitrogen and oxygen atoms in total. The highest BCUT2D eigenvalue weighted by Crippen LogP contribution is 2.27. The zero-order chi connectivity index (χ0) is 18.9. The number of carbonyl (C=O) groups is 1. The summed E-state index contributed by atoms with van der Waals surface area (Å²) in [6.45, 7) is 0. The maximum absolute atomic E-state index is 13.9. The Hall–Kier alpha value is -2.76. The Morgan fingerprint density at radius 2 is 1.77 bits per heavy atom. The van der Waals surface area contributed by atoms with E-state index in [1.54, 1.807) is 0 Å².